The number of hydrogen-bond acceptors (Lipinski definition) is 3. The monoisotopic (exact) mass is 409 g/mol. The summed E-state index contributed by atoms with van der Waals surface area (Å²) >= 11 is 0. The SMILES string of the molecule is O=C(O)/C(=C\c1ccc(-c2ccc(-c3ccccc3)cc2)o1)NC(=O)c1ccccc1. The first-order valence-electron chi connectivity index (χ1n) is 9.67. The smallest absolute Gasteiger partial charge is 0.352 e. The van der Waals surface area contributed by atoms with Crippen LogP contribution in [0.5, 0.6) is 0 Å². The summed E-state index contributed by atoms with van der Waals surface area (Å²) in [5.74, 6) is -0.829. The molecule has 4 aromatic rings. The second-order valence-corrected chi connectivity index (χ2v) is 6.83. The molecule has 0 aliphatic carbocycles. The van der Waals surface area contributed by atoms with Crippen LogP contribution in [0.25, 0.3) is 28.5 Å². The molecule has 0 bridgehead atoms. The summed E-state index contributed by atoms with van der Waals surface area (Å²) < 4.78 is 5.79. The maximum absolute atomic E-state index is 12.3. The molecule has 0 aliphatic heterocycles. The van der Waals surface area contributed by atoms with Gasteiger partial charge in [0.1, 0.15) is 17.2 Å². The number of benzene rings is 3. The van der Waals surface area contributed by atoms with Crippen molar-refractivity contribution in [1.29, 1.82) is 0 Å². The van der Waals surface area contributed by atoms with Crippen LogP contribution in [0.1, 0.15) is 16.1 Å². The summed E-state index contributed by atoms with van der Waals surface area (Å²) in [4.78, 5) is 23.9. The molecule has 0 radical (unpaired) electrons. The number of carboxylic acids is 1. The third-order valence-corrected chi connectivity index (χ3v) is 4.70. The first-order chi connectivity index (χ1) is 15.1. The molecule has 0 spiro atoms. The van der Waals surface area contributed by atoms with E-state index in [2.05, 4.69) is 5.32 Å². The Morgan fingerprint density at radius 3 is 1.94 bits per heavy atom. The summed E-state index contributed by atoms with van der Waals surface area (Å²) in [5.41, 5.74) is 3.18. The standard InChI is InChI=1S/C26H19NO4/c28-25(21-9-5-2-6-10-21)27-23(26(29)30)17-22-15-16-24(31-22)20-13-11-19(12-14-20)18-7-3-1-4-8-18/h1-17H,(H,27,28)(H,29,30)/b23-17+. The quantitative estimate of drug-likeness (QED) is 0.414. The van der Waals surface area contributed by atoms with Crippen molar-refractivity contribution in [1.82, 2.24) is 5.32 Å². The van der Waals surface area contributed by atoms with E-state index in [9.17, 15) is 14.7 Å². The Kier molecular flexibility index (Phi) is 5.76. The van der Waals surface area contributed by atoms with Crippen LogP contribution in [-0.4, -0.2) is 17.0 Å². The predicted octanol–water partition coefficient (Wildman–Crippen LogP) is 5.47. The molecule has 31 heavy (non-hydrogen) atoms. The van der Waals surface area contributed by atoms with E-state index in [-0.39, 0.29) is 5.70 Å². The molecule has 1 heterocycles. The van der Waals surface area contributed by atoms with Gasteiger partial charge in [-0.15, -0.1) is 0 Å². The van der Waals surface area contributed by atoms with Crippen molar-refractivity contribution in [2.45, 2.75) is 0 Å². The molecule has 0 saturated heterocycles. The zero-order chi connectivity index (χ0) is 21.6. The van der Waals surface area contributed by atoms with Crippen molar-refractivity contribution < 1.29 is 19.1 Å². The van der Waals surface area contributed by atoms with Crippen molar-refractivity contribution in [2.24, 2.45) is 0 Å². The van der Waals surface area contributed by atoms with E-state index in [1.54, 1.807) is 42.5 Å². The van der Waals surface area contributed by atoms with Gasteiger partial charge in [0.05, 0.1) is 0 Å². The number of nitrogens with one attached hydrogen (secondary N) is 1. The lowest BCUT2D eigenvalue weighted by molar-refractivity contribution is -0.132. The molecule has 0 fully saturated rings. The van der Waals surface area contributed by atoms with Gasteiger partial charge >= 0.3 is 5.97 Å². The number of carbonyl (C=O) groups excluding carboxylic acids is 1. The average Bonchev–Trinajstić information content (AvgIpc) is 3.28. The van der Waals surface area contributed by atoms with E-state index >= 15 is 0 Å². The summed E-state index contributed by atoms with van der Waals surface area (Å²) in [7, 11) is 0. The van der Waals surface area contributed by atoms with E-state index in [0.29, 0.717) is 17.1 Å². The van der Waals surface area contributed by atoms with Crippen LogP contribution < -0.4 is 5.32 Å². The summed E-state index contributed by atoms with van der Waals surface area (Å²) in [5, 5.41) is 11.9. The fourth-order valence-electron chi connectivity index (χ4n) is 3.12. The van der Waals surface area contributed by atoms with Gasteiger partial charge in [0.25, 0.3) is 5.91 Å². The molecule has 1 amide bonds. The van der Waals surface area contributed by atoms with Gasteiger partial charge < -0.3 is 14.8 Å². The molecular weight excluding hydrogens is 390 g/mol. The van der Waals surface area contributed by atoms with Crippen LogP contribution >= 0.6 is 0 Å². The minimum atomic E-state index is -1.26. The molecular formula is C26H19NO4. The molecule has 5 nitrogen and oxygen atoms in total. The number of hydrogen-bond donors (Lipinski definition) is 2. The van der Waals surface area contributed by atoms with Gasteiger partial charge in [-0.2, -0.15) is 0 Å². The lowest BCUT2D eigenvalue weighted by Crippen LogP contribution is -2.27. The summed E-state index contributed by atoms with van der Waals surface area (Å²) in [6.45, 7) is 0. The molecule has 2 N–H and O–H groups in total. The number of rotatable bonds is 6. The Labute approximate surface area is 179 Å². The highest BCUT2D eigenvalue weighted by Gasteiger charge is 2.14. The van der Waals surface area contributed by atoms with E-state index in [1.807, 2.05) is 54.6 Å². The highest BCUT2D eigenvalue weighted by Crippen LogP contribution is 2.27. The molecule has 0 unspecified atom stereocenters. The lowest BCUT2D eigenvalue weighted by Gasteiger charge is -2.05. The van der Waals surface area contributed by atoms with Crippen molar-refractivity contribution in [2.75, 3.05) is 0 Å². The molecule has 152 valence electrons. The average molecular weight is 409 g/mol. The minimum Gasteiger partial charge on any atom is -0.477 e. The van der Waals surface area contributed by atoms with Crippen molar-refractivity contribution >= 4 is 18.0 Å². The number of carbonyl (C=O) groups is 2. The fraction of sp³-hybridized carbons (Fsp3) is 0. The normalized spacial score (nSPS) is 11.2. The van der Waals surface area contributed by atoms with Crippen molar-refractivity contribution in [3.05, 3.63) is 114 Å². The third kappa shape index (κ3) is 4.79. The number of aliphatic carboxylic acids is 1. The van der Waals surface area contributed by atoms with Crippen molar-refractivity contribution in [3.8, 4) is 22.5 Å². The summed E-state index contributed by atoms with van der Waals surface area (Å²) in [6, 6.07) is 29.8. The second kappa shape index (κ2) is 8.97. The first kappa shape index (κ1) is 19.9. The van der Waals surface area contributed by atoms with Crippen LogP contribution in [0, 0.1) is 0 Å². The zero-order valence-electron chi connectivity index (χ0n) is 16.5. The van der Waals surface area contributed by atoms with Gasteiger partial charge in [0.2, 0.25) is 0 Å². The van der Waals surface area contributed by atoms with Crippen LogP contribution in [0.15, 0.2) is 107 Å². The highest BCUT2D eigenvalue weighted by atomic mass is 16.4. The second-order valence-electron chi connectivity index (χ2n) is 6.83. The van der Waals surface area contributed by atoms with E-state index in [1.165, 1.54) is 6.08 Å². The number of amides is 1. The Hall–Kier alpha value is -4.38. The van der Waals surface area contributed by atoms with Crippen LogP contribution in [0.3, 0.4) is 0 Å². The van der Waals surface area contributed by atoms with Gasteiger partial charge in [-0.1, -0.05) is 72.8 Å². The molecule has 3 aromatic carbocycles. The van der Waals surface area contributed by atoms with Gasteiger partial charge in [-0.3, -0.25) is 4.79 Å². The van der Waals surface area contributed by atoms with Gasteiger partial charge in [-0.25, -0.2) is 4.79 Å². The van der Waals surface area contributed by atoms with E-state index in [0.717, 1.165) is 16.7 Å². The first-order valence-corrected chi connectivity index (χ1v) is 9.67. The third-order valence-electron chi connectivity index (χ3n) is 4.70. The van der Waals surface area contributed by atoms with Crippen molar-refractivity contribution in [3.63, 3.8) is 0 Å². The van der Waals surface area contributed by atoms with Crippen LogP contribution in [-0.2, 0) is 4.79 Å². The Morgan fingerprint density at radius 2 is 1.29 bits per heavy atom. The topological polar surface area (TPSA) is 79.5 Å². The Balaban J connectivity index is 1.53. The fourth-order valence-corrected chi connectivity index (χ4v) is 3.12. The molecule has 1 aromatic heterocycles. The molecule has 0 saturated carbocycles. The van der Waals surface area contributed by atoms with E-state index in [4.69, 9.17) is 4.42 Å². The van der Waals surface area contributed by atoms with E-state index < -0.39 is 11.9 Å². The van der Waals surface area contributed by atoms with Gasteiger partial charge in [0.15, 0.2) is 0 Å². The number of furan rings is 1. The number of carboxylic acid groups (broad SMARTS) is 1. The Morgan fingerprint density at radius 1 is 0.710 bits per heavy atom. The van der Waals surface area contributed by atoms with Crippen LogP contribution in [0.2, 0.25) is 0 Å². The maximum Gasteiger partial charge on any atom is 0.352 e. The molecule has 4 rings (SSSR count). The lowest BCUT2D eigenvalue weighted by atomic mass is 10.0. The largest absolute Gasteiger partial charge is 0.477 e. The van der Waals surface area contributed by atoms with Gasteiger partial charge in [-0.05, 0) is 35.4 Å². The zero-order valence-corrected chi connectivity index (χ0v) is 16.5. The summed E-state index contributed by atoms with van der Waals surface area (Å²) in [6.07, 6.45) is 1.30. The maximum atomic E-state index is 12.3. The molecule has 5 heteroatoms. The predicted molar refractivity (Wildman–Crippen MR) is 119 cm³/mol. The molecule has 0 atom stereocenters. The molecule has 0 aliphatic rings. The van der Waals surface area contributed by atoms with Crippen LogP contribution in [0.4, 0.5) is 0 Å². The Bertz CT molecular complexity index is 1220. The minimum absolute atomic E-state index is 0.269. The highest BCUT2D eigenvalue weighted by molar-refractivity contribution is 6.02. The van der Waals surface area contributed by atoms with Gasteiger partial charge in [0, 0.05) is 17.2 Å².